The largest absolute Gasteiger partial charge is 0.383 e. The predicted octanol–water partition coefficient (Wildman–Crippen LogP) is 1.98. The first-order valence-corrected chi connectivity index (χ1v) is 9.05. The molecule has 0 radical (unpaired) electrons. The summed E-state index contributed by atoms with van der Waals surface area (Å²) >= 11 is 0. The fourth-order valence-electron chi connectivity index (χ4n) is 1.98. The molecule has 1 aromatic heterocycles. The van der Waals surface area contributed by atoms with E-state index in [1.54, 1.807) is 0 Å². The number of carbonyl (C=O) groups excluding carboxylic acids is 1. The van der Waals surface area contributed by atoms with E-state index in [4.69, 9.17) is 15.4 Å². The van der Waals surface area contributed by atoms with E-state index < -0.39 is 9.05 Å². The molecule has 21 heavy (non-hydrogen) atoms. The van der Waals surface area contributed by atoms with Gasteiger partial charge >= 0.3 is 0 Å². The molecule has 0 spiro atoms. The van der Waals surface area contributed by atoms with Crippen molar-refractivity contribution in [3.05, 3.63) is 18.0 Å². The van der Waals surface area contributed by atoms with E-state index in [1.165, 1.54) is 23.9 Å². The summed E-state index contributed by atoms with van der Waals surface area (Å²) in [7, 11) is 3.00. The molecule has 1 unspecified atom stereocenters. The normalized spacial score (nSPS) is 13.1. The van der Waals surface area contributed by atoms with E-state index in [-0.39, 0.29) is 22.5 Å². The Morgan fingerprint density at radius 1 is 1.52 bits per heavy atom. The van der Waals surface area contributed by atoms with Crippen LogP contribution < -0.4 is 5.32 Å². The number of aromatic nitrogens is 1. The van der Waals surface area contributed by atoms with Crippen LogP contribution in [0.4, 0.5) is 0 Å². The zero-order valence-corrected chi connectivity index (χ0v) is 14.0. The molecule has 6 nitrogen and oxygen atoms in total. The summed E-state index contributed by atoms with van der Waals surface area (Å²) in [4.78, 5) is 12.2. The number of halogens is 1. The Balaban J connectivity index is 3.02. The van der Waals surface area contributed by atoms with Crippen molar-refractivity contribution in [3.8, 4) is 0 Å². The van der Waals surface area contributed by atoms with Crippen molar-refractivity contribution in [1.82, 2.24) is 9.88 Å². The van der Waals surface area contributed by atoms with Crippen LogP contribution in [0.5, 0.6) is 0 Å². The molecule has 1 N–H and O–H groups in total. The lowest BCUT2D eigenvalue weighted by Gasteiger charge is -2.14. The first-order valence-electron chi connectivity index (χ1n) is 6.74. The Labute approximate surface area is 129 Å². The predicted molar refractivity (Wildman–Crippen MR) is 81.2 cm³/mol. The molecule has 0 aliphatic heterocycles. The summed E-state index contributed by atoms with van der Waals surface area (Å²) in [6, 6.07) is 1.30. The Morgan fingerprint density at radius 3 is 2.71 bits per heavy atom. The second-order valence-corrected chi connectivity index (χ2v) is 7.41. The highest BCUT2D eigenvalue weighted by atomic mass is 35.7. The summed E-state index contributed by atoms with van der Waals surface area (Å²) in [6.45, 7) is 4.67. The van der Waals surface area contributed by atoms with Gasteiger partial charge in [0, 0.05) is 36.6 Å². The minimum absolute atomic E-state index is 0.0179. The first-order chi connectivity index (χ1) is 9.79. The first kappa shape index (κ1) is 18.0. The minimum atomic E-state index is -3.87. The highest BCUT2D eigenvalue weighted by molar-refractivity contribution is 8.13. The minimum Gasteiger partial charge on any atom is -0.383 e. The fraction of sp³-hybridized carbons (Fsp3) is 0.615. The van der Waals surface area contributed by atoms with Crippen molar-refractivity contribution >= 4 is 25.6 Å². The summed E-state index contributed by atoms with van der Waals surface area (Å²) in [5.74, 6) is -0.321. The van der Waals surface area contributed by atoms with Gasteiger partial charge in [0.15, 0.2) is 0 Å². The topological polar surface area (TPSA) is 77.4 Å². The van der Waals surface area contributed by atoms with E-state index in [9.17, 15) is 13.2 Å². The molecule has 8 heteroatoms. The Bertz CT molecular complexity index is 583. The zero-order valence-electron chi connectivity index (χ0n) is 12.4. The lowest BCUT2D eigenvalue weighted by atomic mass is 10.2. The number of nitrogens with zero attached hydrogens (tertiary/aromatic N) is 1. The molecule has 1 rings (SSSR count). The third kappa shape index (κ3) is 5.33. The highest BCUT2D eigenvalue weighted by Crippen LogP contribution is 2.19. The van der Waals surface area contributed by atoms with Crippen molar-refractivity contribution in [2.24, 2.45) is 0 Å². The van der Waals surface area contributed by atoms with Crippen LogP contribution in [0.3, 0.4) is 0 Å². The average Bonchev–Trinajstić information content (AvgIpc) is 2.80. The molecule has 120 valence electrons. The van der Waals surface area contributed by atoms with E-state index in [0.717, 1.165) is 12.8 Å². The quantitative estimate of drug-likeness (QED) is 0.736. The van der Waals surface area contributed by atoms with Gasteiger partial charge in [-0.2, -0.15) is 0 Å². The van der Waals surface area contributed by atoms with Crippen LogP contribution in [0, 0.1) is 0 Å². The molecule has 0 aliphatic carbocycles. The van der Waals surface area contributed by atoms with Crippen LogP contribution in [0.15, 0.2) is 17.2 Å². The summed E-state index contributed by atoms with van der Waals surface area (Å²) in [6.07, 6.45) is 3.15. The molecule has 0 bridgehead atoms. The number of amides is 1. The molecule has 1 atom stereocenters. The van der Waals surface area contributed by atoms with Gasteiger partial charge in [-0.25, -0.2) is 8.42 Å². The van der Waals surface area contributed by atoms with E-state index in [0.29, 0.717) is 13.2 Å². The third-order valence-corrected chi connectivity index (χ3v) is 4.34. The van der Waals surface area contributed by atoms with Crippen molar-refractivity contribution in [1.29, 1.82) is 0 Å². The molecule has 1 aromatic rings. The molecule has 0 saturated carbocycles. The third-order valence-electron chi connectivity index (χ3n) is 3.02. The molecule has 0 aromatic carbocycles. The maximum atomic E-state index is 12.2. The van der Waals surface area contributed by atoms with E-state index in [2.05, 4.69) is 5.32 Å². The fourth-order valence-corrected chi connectivity index (χ4v) is 2.74. The van der Waals surface area contributed by atoms with Crippen molar-refractivity contribution in [3.63, 3.8) is 0 Å². The average molecular weight is 337 g/mol. The van der Waals surface area contributed by atoms with Crippen molar-refractivity contribution in [2.45, 2.75) is 44.2 Å². The van der Waals surface area contributed by atoms with Crippen molar-refractivity contribution in [2.75, 3.05) is 13.7 Å². The number of ether oxygens (including phenoxy) is 1. The van der Waals surface area contributed by atoms with Gasteiger partial charge in [0.05, 0.1) is 6.61 Å². The Kier molecular flexibility index (Phi) is 6.70. The van der Waals surface area contributed by atoms with E-state index >= 15 is 0 Å². The lowest BCUT2D eigenvalue weighted by molar-refractivity contribution is 0.0926. The molecule has 0 saturated heterocycles. The van der Waals surface area contributed by atoms with Crippen LogP contribution >= 0.6 is 10.7 Å². The SMILES string of the molecule is CCCC(C)NC(=O)c1cc(S(=O)(=O)Cl)cn1CCOC. The maximum absolute atomic E-state index is 12.2. The number of nitrogens with one attached hydrogen (secondary N) is 1. The molecule has 1 heterocycles. The van der Waals surface area contributed by atoms with Crippen LogP contribution in [0.1, 0.15) is 37.2 Å². The van der Waals surface area contributed by atoms with Gasteiger partial charge in [-0.3, -0.25) is 4.79 Å². The maximum Gasteiger partial charge on any atom is 0.268 e. The smallest absolute Gasteiger partial charge is 0.268 e. The second kappa shape index (κ2) is 7.82. The lowest BCUT2D eigenvalue weighted by Crippen LogP contribution is -2.33. The second-order valence-electron chi connectivity index (χ2n) is 4.85. The van der Waals surface area contributed by atoms with Gasteiger partial charge < -0.3 is 14.6 Å². The number of carbonyl (C=O) groups is 1. The van der Waals surface area contributed by atoms with Gasteiger partial charge in [0.1, 0.15) is 10.6 Å². The number of rotatable bonds is 8. The van der Waals surface area contributed by atoms with E-state index in [1.807, 2.05) is 13.8 Å². The number of hydrogen-bond donors (Lipinski definition) is 1. The summed E-state index contributed by atoms with van der Waals surface area (Å²) < 4.78 is 29.3. The van der Waals surface area contributed by atoms with Gasteiger partial charge in [-0.1, -0.05) is 13.3 Å². The zero-order chi connectivity index (χ0) is 16.0. The summed E-state index contributed by atoms with van der Waals surface area (Å²) in [5, 5.41) is 2.84. The standard InChI is InChI=1S/C13H21ClN2O4S/c1-4-5-10(2)15-13(17)12-8-11(21(14,18)19)9-16(12)6-7-20-3/h8-10H,4-7H2,1-3H3,(H,15,17). The van der Waals surface area contributed by atoms with Gasteiger partial charge in [0.2, 0.25) is 0 Å². The van der Waals surface area contributed by atoms with Gasteiger partial charge in [0.25, 0.3) is 15.0 Å². The highest BCUT2D eigenvalue weighted by Gasteiger charge is 2.20. The molecular formula is C13H21ClN2O4S. The van der Waals surface area contributed by atoms with Crippen LogP contribution in [0.2, 0.25) is 0 Å². The van der Waals surface area contributed by atoms with Crippen LogP contribution in [-0.4, -0.2) is 38.7 Å². The summed E-state index contributed by atoms with van der Waals surface area (Å²) in [5.41, 5.74) is 0.259. The molecular weight excluding hydrogens is 316 g/mol. The van der Waals surface area contributed by atoms with Gasteiger partial charge in [-0.05, 0) is 19.4 Å². The number of methoxy groups -OCH3 is 1. The Hall–Kier alpha value is -1.05. The van der Waals surface area contributed by atoms with Gasteiger partial charge in [-0.15, -0.1) is 0 Å². The molecule has 1 amide bonds. The molecule has 0 fully saturated rings. The molecule has 0 aliphatic rings. The van der Waals surface area contributed by atoms with Crippen molar-refractivity contribution < 1.29 is 17.9 Å². The van der Waals surface area contributed by atoms with Crippen LogP contribution in [0.25, 0.3) is 0 Å². The monoisotopic (exact) mass is 336 g/mol. The Morgan fingerprint density at radius 2 is 2.19 bits per heavy atom. The van der Waals surface area contributed by atoms with Crippen LogP contribution in [-0.2, 0) is 20.3 Å². The number of hydrogen-bond acceptors (Lipinski definition) is 4.